The van der Waals surface area contributed by atoms with Gasteiger partial charge in [-0.3, -0.25) is 9.97 Å². The quantitative estimate of drug-likeness (QED) is 0.0115. The van der Waals surface area contributed by atoms with Crippen molar-refractivity contribution in [3.63, 3.8) is 0 Å². The number of rotatable bonds is 20. The Labute approximate surface area is 640 Å². The highest BCUT2D eigenvalue weighted by Gasteiger charge is 2.31. The van der Waals surface area contributed by atoms with Crippen LogP contribution in [-0.4, -0.2) is 194 Å². The lowest BCUT2D eigenvalue weighted by Gasteiger charge is -2.32. The second kappa shape index (κ2) is 54.2. The Kier molecular flexibility index (Phi) is 48.4. The molecule has 0 spiro atoms. The summed E-state index contributed by atoms with van der Waals surface area (Å²) in [6.45, 7) is 24.0. The molecule has 0 aliphatic carbocycles. The molecule has 0 bridgehead atoms. The number of halogens is 2. The second-order valence-electron chi connectivity index (χ2n) is 27.3. The van der Waals surface area contributed by atoms with Crippen LogP contribution in [0.2, 0.25) is 27.3 Å². The van der Waals surface area contributed by atoms with Crippen molar-refractivity contribution >= 4 is 56.5 Å². The molecule has 0 unspecified atom stereocenters. The molecule has 12 rings (SSSR count). The third-order valence-electron chi connectivity index (χ3n) is 19.8. The first-order valence-electron chi connectivity index (χ1n) is 37.4. The van der Waals surface area contributed by atoms with Crippen LogP contribution >= 0.6 is 28.3 Å². The predicted octanol–water partition coefficient (Wildman–Crippen LogP) is 7.92. The van der Waals surface area contributed by atoms with Crippen molar-refractivity contribution in [1.29, 1.82) is 0 Å². The average molecular weight is 1530 g/mol. The van der Waals surface area contributed by atoms with Crippen molar-refractivity contribution in [2.45, 2.75) is 174 Å². The fraction of sp³-hybridized carbons (Fsp3) is 0.600. The molecule has 29 heteroatoms. The summed E-state index contributed by atoms with van der Waals surface area (Å²) in [7, 11) is -1.48. The molecule has 0 atom stereocenters. The standard InChI is InChI=1S/C14H24BN3O2.C13H21N3O.C11H17BN2O2.C11H17BN2O.C10H14N2O.C10H14N2.C4H11BBrNO.2CH4.ClH/c1-15(19)16-8-4-9-17-11-6-13(7-12-17)14-5-2-3-10-18(14)20;14-7-3-8-15-10-5-12(6-11-15)13-4-1-2-9-16(13)17;1-12(15)13-8-5-10(6-9-13)11-4-2-3-7-14(11)16;1-12(15)14-8-5-10(6-9-14)11-4-2-3-7-13-11;13-12-8-2-1-3-10(12)9-4-6-11-7-5-9;1-2-6-12-10(3-1)9-4-7-11-8-5-9;1-5(8)7-4-2-3-6;;;/h2-3,5,10,13,16,19H,4,6-9,11-12H2,1H3;1-2,4,9,12H,3,5-8,10-11,14H2;2-4,7,10,15H,5-6,8-9H2,1H3;2-4,7,10,15H,5-6,8-9H2,1H3;1-3,8-9,11H,4-7H2;1-3,6,9,11H,4-5,7-8H2;7-8H,2-4H2,1H3;2*1H4;1H. The third kappa shape index (κ3) is 35.1. The van der Waals surface area contributed by atoms with Crippen LogP contribution < -0.4 is 45.7 Å². The van der Waals surface area contributed by atoms with E-state index in [4.69, 9.17) is 15.8 Å². The fourth-order valence-corrected chi connectivity index (χ4v) is 14.1. The van der Waals surface area contributed by atoms with Gasteiger partial charge < -0.3 is 87.2 Å². The molecule has 104 heavy (non-hydrogen) atoms. The fourth-order valence-electron chi connectivity index (χ4n) is 13.8. The van der Waals surface area contributed by atoms with Gasteiger partial charge in [-0.2, -0.15) is 18.9 Å². The van der Waals surface area contributed by atoms with Gasteiger partial charge in [0.15, 0.2) is 47.6 Å². The molecular weight excluding hydrogens is 1400 g/mol. The number of hydrogen-bond acceptors (Lipinski definition) is 19. The molecule has 6 fully saturated rings. The van der Waals surface area contributed by atoms with Crippen LogP contribution in [0.1, 0.15) is 181 Å². The SMILES string of the molecule is C.C.CB(O)N1CCC(c2cccc[n+]2[O-])CC1.CB(O)N1CCC(c2ccccn2)CC1.CB(O)NCCCBr.CB(O)NCCCN1CCC(c2cccc[n+]2[O-])CC1.Cl.NCCCN1CCC(c2cccc[n+]2[O-])CC1.[O-][n+]1ccccc1C1CCNCC1.c1ccc(C2CCNCC2)nc1. The zero-order valence-electron chi connectivity index (χ0n) is 61.2. The highest BCUT2D eigenvalue weighted by molar-refractivity contribution is 9.09. The second-order valence-corrected chi connectivity index (χ2v) is 28.1. The van der Waals surface area contributed by atoms with Gasteiger partial charge in [0.2, 0.25) is 0 Å². The van der Waals surface area contributed by atoms with E-state index in [1.54, 1.807) is 69.5 Å². The summed E-state index contributed by atoms with van der Waals surface area (Å²) in [5.41, 5.74) is 11.6. The van der Waals surface area contributed by atoms with Crippen LogP contribution in [-0.2, 0) is 0 Å². The molecule has 6 aliphatic heterocycles. The number of nitrogens with two attached hydrogens (primary N) is 1. The molecule has 6 saturated heterocycles. The Morgan fingerprint density at radius 3 is 1.05 bits per heavy atom. The topological polar surface area (TPSA) is 302 Å². The molecule has 0 aromatic carbocycles. The first-order valence-corrected chi connectivity index (χ1v) is 38.5. The summed E-state index contributed by atoms with van der Waals surface area (Å²) in [5.74, 6) is 2.84. The van der Waals surface area contributed by atoms with E-state index in [1.165, 1.54) is 24.2 Å². The van der Waals surface area contributed by atoms with E-state index < -0.39 is 7.05 Å². The van der Waals surface area contributed by atoms with E-state index in [1.807, 2.05) is 90.8 Å². The molecule has 10 N–H and O–H groups in total. The summed E-state index contributed by atoms with van der Waals surface area (Å²) in [5, 5.41) is 96.6. The van der Waals surface area contributed by atoms with Crippen LogP contribution in [0.25, 0.3) is 0 Å². The van der Waals surface area contributed by atoms with Gasteiger partial charge in [0.1, 0.15) is 0 Å². The maximum atomic E-state index is 11.7. The maximum absolute atomic E-state index is 11.7. The molecule has 12 heterocycles. The van der Waals surface area contributed by atoms with E-state index in [-0.39, 0.29) is 48.4 Å². The van der Waals surface area contributed by atoms with Gasteiger partial charge in [-0.05, 0) is 259 Å². The molecule has 6 aliphatic rings. The summed E-state index contributed by atoms with van der Waals surface area (Å²) < 4.78 is 3.98. The number of nitrogens with one attached hydrogen (secondary N) is 4. The molecule has 6 aromatic heterocycles. The van der Waals surface area contributed by atoms with Gasteiger partial charge in [0.25, 0.3) is 0 Å². The van der Waals surface area contributed by atoms with Gasteiger partial charge in [-0.1, -0.05) is 67.2 Å². The zero-order chi connectivity index (χ0) is 72.4. The summed E-state index contributed by atoms with van der Waals surface area (Å²) >= 11 is 3.28. The van der Waals surface area contributed by atoms with E-state index in [0.717, 1.165) is 242 Å². The third-order valence-corrected chi connectivity index (χ3v) is 20.4. The Bertz CT molecular complexity index is 3090. The number of likely N-dealkylation sites (tertiary alicyclic amines) is 2. The molecule has 6 aromatic rings. The number of piperidine rings is 6. The molecular formula is C75H127B4BrClN15O8. The van der Waals surface area contributed by atoms with Crippen LogP contribution in [0.4, 0.5) is 0 Å². The van der Waals surface area contributed by atoms with Gasteiger partial charge in [-0.25, -0.2) is 0 Å². The van der Waals surface area contributed by atoms with Crippen LogP contribution in [0.15, 0.2) is 146 Å². The Balaban J connectivity index is 0.000000317. The van der Waals surface area contributed by atoms with Crippen molar-refractivity contribution < 1.29 is 39.0 Å². The first-order chi connectivity index (χ1) is 49.0. The highest BCUT2D eigenvalue weighted by Crippen LogP contribution is 2.30. The molecule has 0 saturated carbocycles. The van der Waals surface area contributed by atoms with Gasteiger partial charge in [-0.15, -0.1) is 12.4 Å². The molecule has 23 nitrogen and oxygen atoms in total. The van der Waals surface area contributed by atoms with Crippen LogP contribution in [0.5, 0.6) is 0 Å². The Morgan fingerprint density at radius 2 is 0.740 bits per heavy atom. The minimum absolute atomic E-state index is 0. The van der Waals surface area contributed by atoms with Crippen molar-refractivity contribution in [3.05, 3.63) is 201 Å². The van der Waals surface area contributed by atoms with Crippen LogP contribution in [0, 0.1) is 20.8 Å². The number of aromatic nitrogens is 6. The lowest BCUT2D eigenvalue weighted by atomic mass is 9.80. The normalized spacial score (nSPS) is 17.2. The number of alkyl halides is 1. The van der Waals surface area contributed by atoms with E-state index in [2.05, 4.69) is 79.8 Å². The first kappa shape index (κ1) is 92.8. The Morgan fingerprint density at radius 1 is 0.442 bits per heavy atom. The number of pyridine rings is 6. The van der Waals surface area contributed by atoms with Crippen molar-refractivity contribution in [3.8, 4) is 0 Å². The Hall–Kier alpha value is -5.39. The van der Waals surface area contributed by atoms with Gasteiger partial charge >= 0.3 is 28.2 Å². The minimum Gasteiger partial charge on any atom is -0.618 e. The van der Waals surface area contributed by atoms with Crippen molar-refractivity contribution in [1.82, 2.24) is 50.5 Å². The van der Waals surface area contributed by atoms with E-state index >= 15 is 0 Å². The van der Waals surface area contributed by atoms with Crippen molar-refractivity contribution in [2.24, 2.45) is 5.73 Å². The average Bonchev–Trinajstić information content (AvgIpc) is 0.859. The molecule has 0 radical (unpaired) electrons. The largest absolute Gasteiger partial charge is 0.618 e. The lowest BCUT2D eigenvalue weighted by Crippen LogP contribution is -2.44. The summed E-state index contributed by atoms with van der Waals surface area (Å²) in [6, 6.07) is 34.8. The van der Waals surface area contributed by atoms with Gasteiger partial charge in [0, 0.05) is 113 Å². The molecule has 0 amide bonds. The molecule has 576 valence electrons. The minimum atomic E-state index is -0.425. The number of hydrogen-bond donors (Lipinski definition) is 9. The van der Waals surface area contributed by atoms with E-state index in [9.17, 15) is 30.9 Å². The lowest BCUT2D eigenvalue weighted by molar-refractivity contribution is -0.616. The van der Waals surface area contributed by atoms with Crippen molar-refractivity contribution in [2.75, 3.05) is 117 Å². The van der Waals surface area contributed by atoms with Crippen LogP contribution in [0.3, 0.4) is 0 Å². The predicted molar refractivity (Wildman–Crippen MR) is 432 cm³/mol. The summed E-state index contributed by atoms with van der Waals surface area (Å²) in [4.78, 5) is 17.8. The van der Waals surface area contributed by atoms with Gasteiger partial charge in [0.05, 0.1) is 0 Å². The maximum Gasteiger partial charge on any atom is 0.376 e. The van der Waals surface area contributed by atoms with E-state index in [0.29, 0.717) is 35.5 Å². The zero-order valence-corrected chi connectivity index (χ0v) is 63.6. The highest BCUT2D eigenvalue weighted by atomic mass is 79.9. The summed E-state index contributed by atoms with van der Waals surface area (Å²) in [6.07, 6.45) is 26.2. The number of nitrogens with zero attached hydrogens (tertiary/aromatic N) is 10. The monoisotopic (exact) mass is 1520 g/mol. The smallest absolute Gasteiger partial charge is 0.376 e.